The van der Waals surface area contributed by atoms with Gasteiger partial charge in [-0.3, -0.25) is 4.79 Å². The number of fused-ring (bicyclic) bond motifs is 1. The summed E-state index contributed by atoms with van der Waals surface area (Å²) < 4.78 is 0. The molecule has 1 heterocycles. The number of unbranched alkanes of at least 4 members (excludes halogenated alkanes) is 1. The highest BCUT2D eigenvalue weighted by molar-refractivity contribution is 6.02. The Morgan fingerprint density at radius 3 is 2.88 bits per heavy atom. The van der Waals surface area contributed by atoms with Crippen molar-refractivity contribution in [3.05, 3.63) is 42.0 Å². The molecule has 0 radical (unpaired) electrons. The van der Waals surface area contributed by atoms with Gasteiger partial charge in [0.15, 0.2) is 0 Å². The van der Waals surface area contributed by atoms with Crippen LogP contribution in [-0.4, -0.2) is 5.91 Å². The maximum absolute atomic E-state index is 11.8. The minimum absolute atomic E-state index is 0.0521. The first-order chi connectivity index (χ1) is 8.18. The molecule has 2 heteroatoms. The summed E-state index contributed by atoms with van der Waals surface area (Å²) in [5.74, 6) is 0.206. The Balaban J connectivity index is 1.93. The molecule has 1 amide bonds. The van der Waals surface area contributed by atoms with Gasteiger partial charge in [0.2, 0.25) is 5.91 Å². The molecular weight excluding hydrogens is 210 g/mol. The van der Waals surface area contributed by atoms with Crippen molar-refractivity contribution in [2.75, 3.05) is 5.32 Å². The van der Waals surface area contributed by atoms with Crippen LogP contribution in [0.15, 0.2) is 36.4 Å². The summed E-state index contributed by atoms with van der Waals surface area (Å²) in [7, 11) is 0. The molecule has 0 fully saturated rings. The van der Waals surface area contributed by atoms with Gasteiger partial charge >= 0.3 is 0 Å². The lowest BCUT2D eigenvalue weighted by Crippen LogP contribution is -2.11. The van der Waals surface area contributed by atoms with Crippen molar-refractivity contribution in [2.24, 2.45) is 0 Å². The van der Waals surface area contributed by atoms with E-state index in [2.05, 4.69) is 24.9 Å². The number of carbonyl (C=O) groups is 1. The predicted octanol–water partition coefficient (Wildman–Crippen LogP) is 3.86. The number of benzene rings is 1. The predicted molar refractivity (Wildman–Crippen MR) is 71.1 cm³/mol. The minimum atomic E-state index is 0.0521. The molecule has 1 aromatic rings. The number of amides is 1. The highest BCUT2D eigenvalue weighted by Gasteiger charge is 2.29. The van der Waals surface area contributed by atoms with E-state index in [-0.39, 0.29) is 11.8 Å². The fourth-order valence-electron chi connectivity index (χ4n) is 2.34. The zero-order valence-corrected chi connectivity index (χ0v) is 10.3. The average molecular weight is 229 g/mol. The molecular formula is C15H19NO. The lowest BCUT2D eigenvalue weighted by atomic mass is 9.94. The first kappa shape index (κ1) is 11.9. The number of rotatable bonds is 5. The highest BCUT2D eigenvalue weighted by Crippen LogP contribution is 2.35. The maximum atomic E-state index is 11.8. The molecule has 0 saturated heterocycles. The lowest BCUT2D eigenvalue weighted by molar-refractivity contribution is -0.117. The maximum Gasteiger partial charge on any atom is 0.232 e. The number of nitrogens with one attached hydrogen (secondary N) is 1. The van der Waals surface area contributed by atoms with Crippen LogP contribution < -0.4 is 5.32 Å². The highest BCUT2D eigenvalue weighted by atomic mass is 16.2. The van der Waals surface area contributed by atoms with Crippen LogP contribution in [0.25, 0.3) is 0 Å². The molecule has 0 bridgehead atoms. The Bertz CT molecular complexity index is 436. The fourth-order valence-corrected chi connectivity index (χ4v) is 2.34. The lowest BCUT2D eigenvalue weighted by Gasteiger charge is -2.08. The number of allylic oxidation sites excluding steroid dienone is 1. The van der Waals surface area contributed by atoms with Crippen molar-refractivity contribution < 1.29 is 4.79 Å². The molecule has 0 saturated carbocycles. The third-order valence-electron chi connectivity index (χ3n) is 3.26. The topological polar surface area (TPSA) is 29.1 Å². The van der Waals surface area contributed by atoms with E-state index in [1.54, 1.807) is 0 Å². The zero-order chi connectivity index (χ0) is 12.3. The first-order valence-electron chi connectivity index (χ1n) is 6.22. The van der Waals surface area contributed by atoms with E-state index in [1.807, 2.05) is 18.2 Å². The van der Waals surface area contributed by atoms with Crippen LogP contribution in [0.3, 0.4) is 0 Å². The summed E-state index contributed by atoms with van der Waals surface area (Å²) in [6.07, 6.45) is 4.21. The normalized spacial score (nSPS) is 17.7. The summed E-state index contributed by atoms with van der Waals surface area (Å²) in [6, 6.07) is 7.99. The quantitative estimate of drug-likeness (QED) is 0.603. The Hall–Kier alpha value is -1.57. The molecule has 1 aromatic carbocycles. The monoisotopic (exact) mass is 229 g/mol. The molecule has 1 atom stereocenters. The summed E-state index contributed by atoms with van der Waals surface area (Å²) in [6.45, 7) is 5.95. The second-order valence-corrected chi connectivity index (χ2v) is 4.83. The SMILES string of the molecule is C=C(C)CCCCC1C(=O)Nc2ccccc21. The van der Waals surface area contributed by atoms with E-state index in [0.717, 1.165) is 36.9 Å². The zero-order valence-electron chi connectivity index (χ0n) is 10.3. The van der Waals surface area contributed by atoms with Crippen molar-refractivity contribution in [1.29, 1.82) is 0 Å². The Kier molecular flexibility index (Phi) is 3.62. The van der Waals surface area contributed by atoms with Gasteiger partial charge < -0.3 is 5.32 Å². The van der Waals surface area contributed by atoms with Crippen LogP contribution in [0.2, 0.25) is 0 Å². The smallest absolute Gasteiger partial charge is 0.232 e. The Morgan fingerprint density at radius 2 is 2.12 bits per heavy atom. The van der Waals surface area contributed by atoms with Gasteiger partial charge in [0.05, 0.1) is 5.92 Å². The molecule has 17 heavy (non-hydrogen) atoms. The van der Waals surface area contributed by atoms with Crippen LogP contribution in [-0.2, 0) is 4.79 Å². The van der Waals surface area contributed by atoms with Gasteiger partial charge in [-0.15, -0.1) is 6.58 Å². The molecule has 0 spiro atoms. The van der Waals surface area contributed by atoms with Gasteiger partial charge in [-0.1, -0.05) is 30.2 Å². The van der Waals surface area contributed by atoms with Gasteiger partial charge in [-0.2, -0.15) is 0 Å². The summed E-state index contributed by atoms with van der Waals surface area (Å²) in [5.41, 5.74) is 3.37. The summed E-state index contributed by atoms with van der Waals surface area (Å²) in [5, 5.41) is 2.94. The van der Waals surface area contributed by atoms with Gasteiger partial charge in [0.1, 0.15) is 0 Å². The molecule has 1 N–H and O–H groups in total. The number of para-hydroxylation sites is 1. The summed E-state index contributed by atoms with van der Waals surface area (Å²) >= 11 is 0. The third kappa shape index (κ3) is 2.76. The van der Waals surface area contributed by atoms with Crippen LogP contribution in [0.4, 0.5) is 5.69 Å². The van der Waals surface area contributed by atoms with E-state index in [0.29, 0.717) is 0 Å². The third-order valence-corrected chi connectivity index (χ3v) is 3.26. The van der Waals surface area contributed by atoms with Gasteiger partial charge in [0, 0.05) is 5.69 Å². The van der Waals surface area contributed by atoms with Crippen LogP contribution in [0.5, 0.6) is 0 Å². The molecule has 2 nitrogen and oxygen atoms in total. The van der Waals surface area contributed by atoms with Crippen molar-refractivity contribution in [1.82, 2.24) is 0 Å². The fraction of sp³-hybridized carbons (Fsp3) is 0.400. The first-order valence-corrected chi connectivity index (χ1v) is 6.22. The van der Waals surface area contributed by atoms with E-state index < -0.39 is 0 Å². The van der Waals surface area contributed by atoms with Crippen molar-refractivity contribution >= 4 is 11.6 Å². The van der Waals surface area contributed by atoms with Gasteiger partial charge in [-0.05, 0) is 37.8 Å². The number of hydrogen-bond acceptors (Lipinski definition) is 1. The largest absolute Gasteiger partial charge is 0.325 e. The van der Waals surface area contributed by atoms with Gasteiger partial charge in [0.25, 0.3) is 0 Å². The average Bonchev–Trinajstić information content (AvgIpc) is 2.60. The second-order valence-electron chi connectivity index (χ2n) is 4.83. The molecule has 0 aromatic heterocycles. The number of carbonyl (C=O) groups excluding carboxylic acids is 1. The number of anilines is 1. The van der Waals surface area contributed by atoms with Crippen LogP contribution >= 0.6 is 0 Å². The van der Waals surface area contributed by atoms with E-state index >= 15 is 0 Å². The minimum Gasteiger partial charge on any atom is -0.325 e. The molecule has 0 aliphatic carbocycles. The van der Waals surface area contributed by atoms with Crippen molar-refractivity contribution in [3.63, 3.8) is 0 Å². The number of hydrogen-bond donors (Lipinski definition) is 1. The summed E-state index contributed by atoms with van der Waals surface area (Å²) in [4.78, 5) is 11.8. The van der Waals surface area contributed by atoms with Crippen LogP contribution in [0.1, 0.15) is 44.1 Å². The molecule has 90 valence electrons. The van der Waals surface area contributed by atoms with Crippen molar-refractivity contribution in [2.45, 2.75) is 38.5 Å². The van der Waals surface area contributed by atoms with Gasteiger partial charge in [-0.25, -0.2) is 0 Å². The molecule has 1 unspecified atom stereocenters. The van der Waals surface area contributed by atoms with Crippen molar-refractivity contribution in [3.8, 4) is 0 Å². The molecule has 1 aliphatic heterocycles. The van der Waals surface area contributed by atoms with E-state index in [9.17, 15) is 4.79 Å². The standard InChI is InChI=1S/C15H19NO/c1-11(2)7-3-4-9-13-12-8-5-6-10-14(12)16-15(13)17/h5-6,8,10,13H,1,3-4,7,9H2,2H3,(H,16,17). The van der Waals surface area contributed by atoms with E-state index in [1.165, 1.54) is 5.57 Å². The Morgan fingerprint density at radius 1 is 1.35 bits per heavy atom. The molecule has 1 aliphatic rings. The van der Waals surface area contributed by atoms with Crippen LogP contribution in [0, 0.1) is 0 Å². The molecule has 2 rings (SSSR count). The van der Waals surface area contributed by atoms with E-state index in [4.69, 9.17) is 0 Å². The second kappa shape index (κ2) is 5.17. The Labute approximate surface area is 103 Å².